The Morgan fingerprint density at radius 2 is 1.89 bits per heavy atom. The summed E-state index contributed by atoms with van der Waals surface area (Å²) >= 11 is 0. The fourth-order valence-corrected chi connectivity index (χ4v) is 3.96. The second kappa shape index (κ2) is 9.52. The molecule has 0 saturated carbocycles. The Labute approximate surface area is 167 Å². The van der Waals surface area contributed by atoms with Gasteiger partial charge in [0.15, 0.2) is 0 Å². The minimum Gasteiger partial charge on any atom is -0.377 e. The van der Waals surface area contributed by atoms with E-state index in [0.29, 0.717) is 32.6 Å². The van der Waals surface area contributed by atoms with Crippen molar-refractivity contribution in [3.8, 4) is 0 Å². The van der Waals surface area contributed by atoms with Crippen LogP contribution in [0.2, 0.25) is 0 Å². The quantitative estimate of drug-likeness (QED) is 0.713. The van der Waals surface area contributed by atoms with E-state index in [1.165, 1.54) is 0 Å². The minimum atomic E-state index is -0.151. The fourth-order valence-electron chi connectivity index (χ4n) is 3.96. The summed E-state index contributed by atoms with van der Waals surface area (Å²) in [6.07, 6.45) is 1.57. The van der Waals surface area contributed by atoms with Gasteiger partial charge in [-0.1, -0.05) is 0 Å². The monoisotopic (exact) mass is 391 g/mol. The molecule has 8 nitrogen and oxygen atoms in total. The number of ether oxygens (including phenoxy) is 1. The maximum Gasteiger partial charge on any atom is 0.224 e. The number of hydrogen-bond acceptors (Lipinski definition) is 5. The van der Waals surface area contributed by atoms with Gasteiger partial charge in [-0.15, -0.1) is 0 Å². The fraction of sp³-hybridized carbons (Fsp3) is 0.750. The largest absolute Gasteiger partial charge is 0.377 e. The summed E-state index contributed by atoms with van der Waals surface area (Å²) in [5.74, 6) is 0.241. The molecule has 8 heteroatoms. The summed E-state index contributed by atoms with van der Waals surface area (Å²) in [6, 6.07) is 1.89. The van der Waals surface area contributed by atoms with E-state index in [2.05, 4.69) is 17.0 Å². The van der Waals surface area contributed by atoms with Crippen LogP contribution in [-0.4, -0.2) is 95.3 Å². The molecule has 0 N–H and O–H groups in total. The number of likely N-dealkylation sites (N-methyl/N-ethyl adjacent to an activating group) is 1. The van der Waals surface area contributed by atoms with Crippen LogP contribution < -0.4 is 0 Å². The average Bonchev–Trinajstić information content (AvgIpc) is 2.99. The number of piperazine rings is 1. The molecule has 2 fully saturated rings. The van der Waals surface area contributed by atoms with Crippen molar-refractivity contribution in [3.05, 3.63) is 17.5 Å². The van der Waals surface area contributed by atoms with Crippen molar-refractivity contribution in [1.29, 1.82) is 0 Å². The molecule has 0 aromatic carbocycles. The molecule has 156 valence electrons. The second-order valence-electron chi connectivity index (χ2n) is 7.96. The molecule has 3 heterocycles. The summed E-state index contributed by atoms with van der Waals surface area (Å²) in [5.41, 5.74) is 2.12. The topological polar surface area (TPSA) is 70.9 Å². The summed E-state index contributed by atoms with van der Waals surface area (Å²) in [5, 5.41) is 4.45. The van der Waals surface area contributed by atoms with Gasteiger partial charge < -0.3 is 19.4 Å². The highest BCUT2D eigenvalue weighted by Gasteiger charge is 2.31. The predicted octanol–water partition coefficient (Wildman–Crippen LogP) is 0.672. The third-order valence-electron chi connectivity index (χ3n) is 5.68. The van der Waals surface area contributed by atoms with Gasteiger partial charge >= 0.3 is 0 Å². The van der Waals surface area contributed by atoms with Gasteiger partial charge in [0.1, 0.15) is 0 Å². The summed E-state index contributed by atoms with van der Waals surface area (Å²) in [4.78, 5) is 31.5. The van der Waals surface area contributed by atoms with Crippen molar-refractivity contribution in [3.63, 3.8) is 0 Å². The molecule has 2 amide bonds. The number of amides is 2. The molecule has 2 aliphatic heterocycles. The van der Waals surface area contributed by atoms with Gasteiger partial charge in [-0.05, 0) is 33.4 Å². The molecular formula is C20H33N5O3. The van der Waals surface area contributed by atoms with E-state index < -0.39 is 0 Å². The number of carbonyl (C=O) groups excluding carboxylic acids is 2. The standard InChI is InChI=1S/C20H33N5O3/c1-16-13-17(2)25(21-16)6-4-5-19(26)24-11-12-28-15-18(24)14-20(27)23-9-7-22(3)8-10-23/h13,18H,4-12,14-15H2,1-3H3. The highest BCUT2D eigenvalue weighted by molar-refractivity contribution is 5.80. The highest BCUT2D eigenvalue weighted by Crippen LogP contribution is 2.16. The Hall–Kier alpha value is -1.93. The van der Waals surface area contributed by atoms with Crippen molar-refractivity contribution in [2.24, 2.45) is 0 Å². The van der Waals surface area contributed by atoms with Gasteiger partial charge in [0.25, 0.3) is 0 Å². The van der Waals surface area contributed by atoms with Gasteiger partial charge in [0.05, 0.1) is 24.9 Å². The zero-order chi connectivity index (χ0) is 20.1. The molecule has 0 spiro atoms. The molecule has 1 atom stereocenters. The first-order valence-corrected chi connectivity index (χ1v) is 10.3. The number of nitrogens with zero attached hydrogens (tertiary/aromatic N) is 5. The van der Waals surface area contributed by atoms with Gasteiger partial charge in [0, 0.05) is 57.8 Å². The van der Waals surface area contributed by atoms with E-state index in [4.69, 9.17) is 4.74 Å². The molecule has 1 aromatic rings. The van der Waals surface area contributed by atoms with Crippen molar-refractivity contribution in [2.45, 2.75) is 45.7 Å². The third-order valence-corrected chi connectivity index (χ3v) is 5.68. The minimum absolute atomic E-state index is 0.112. The molecule has 0 radical (unpaired) electrons. The first-order chi connectivity index (χ1) is 13.4. The molecule has 3 rings (SSSR count). The smallest absolute Gasteiger partial charge is 0.224 e. The van der Waals surface area contributed by atoms with Crippen molar-refractivity contribution >= 4 is 11.8 Å². The Bertz CT molecular complexity index is 681. The number of aromatic nitrogens is 2. The number of rotatable bonds is 6. The summed E-state index contributed by atoms with van der Waals surface area (Å²) < 4.78 is 7.53. The molecule has 2 aliphatic rings. The van der Waals surface area contributed by atoms with Crippen LogP contribution in [-0.2, 0) is 20.9 Å². The van der Waals surface area contributed by atoms with E-state index in [-0.39, 0.29) is 17.9 Å². The number of morpholine rings is 1. The Morgan fingerprint density at radius 3 is 2.57 bits per heavy atom. The van der Waals surface area contributed by atoms with Crippen LogP contribution in [0.5, 0.6) is 0 Å². The molecule has 1 unspecified atom stereocenters. The van der Waals surface area contributed by atoms with Crippen molar-refractivity contribution in [2.75, 3.05) is 53.0 Å². The van der Waals surface area contributed by atoms with Crippen LogP contribution >= 0.6 is 0 Å². The molecular weight excluding hydrogens is 358 g/mol. The van der Waals surface area contributed by atoms with E-state index in [1.807, 2.05) is 34.4 Å². The highest BCUT2D eigenvalue weighted by atomic mass is 16.5. The Morgan fingerprint density at radius 1 is 1.14 bits per heavy atom. The van der Waals surface area contributed by atoms with Gasteiger partial charge in [-0.25, -0.2) is 0 Å². The molecule has 0 aliphatic carbocycles. The van der Waals surface area contributed by atoms with Crippen LogP contribution in [0, 0.1) is 13.8 Å². The Kier molecular flexibility index (Phi) is 7.07. The van der Waals surface area contributed by atoms with Crippen molar-refractivity contribution < 1.29 is 14.3 Å². The lowest BCUT2D eigenvalue weighted by molar-refractivity contribution is -0.144. The summed E-state index contributed by atoms with van der Waals surface area (Å²) in [7, 11) is 2.07. The Balaban J connectivity index is 1.49. The number of aryl methyl sites for hydroxylation is 3. The predicted molar refractivity (Wildman–Crippen MR) is 106 cm³/mol. The van der Waals surface area contributed by atoms with Crippen LogP contribution in [0.15, 0.2) is 6.07 Å². The van der Waals surface area contributed by atoms with Crippen LogP contribution in [0.3, 0.4) is 0 Å². The first kappa shape index (κ1) is 20.8. The van der Waals surface area contributed by atoms with Crippen LogP contribution in [0.1, 0.15) is 30.7 Å². The van der Waals surface area contributed by atoms with Crippen molar-refractivity contribution in [1.82, 2.24) is 24.5 Å². The number of carbonyl (C=O) groups is 2. The van der Waals surface area contributed by atoms with Crippen LogP contribution in [0.25, 0.3) is 0 Å². The second-order valence-corrected chi connectivity index (χ2v) is 7.96. The molecule has 0 bridgehead atoms. The van der Waals surface area contributed by atoms with Gasteiger partial charge in [0.2, 0.25) is 11.8 Å². The molecule has 28 heavy (non-hydrogen) atoms. The molecule has 1 aromatic heterocycles. The van der Waals surface area contributed by atoms with E-state index in [9.17, 15) is 9.59 Å². The zero-order valence-electron chi connectivity index (χ0n) is 17.4. The van der Waals surface area contributed by atoms with Crippen LogP contribution in [0.4, 0.5) is 0 Å². The van der Waals surface area contributed by atoms with E-state index >= 15 is 0 Å². The van der Waals surface area contributed by atoms with E-state index in [0.717, 1.165) is 50.5 Å². The average molecular weight is 392 g/mol. The van der Waals surface area contributed by atoms with Gasteiger partial charge in [-0.3, -0.25) is 14.3 Å². The lowest BCUT2D eigenvalue weighted by Crippen LogP contribution is -2.53. The lowest BCUT2D eigenvalue weighted by Gasteiger charge is -2.38. The lowest BCUT2D eigenvalue weighted by atomic mass is 10.1. The summed E-state index contributed by atoms with van der Waals surface area (Å²) in [6.45, 7) is 9.64. The third kappa shape index (κ3) is 5.32. The normalized spacial score (nSPS) is 21.2. The zero-order valence-corrected chi connectivity index (χ0v) is 17.4. The maximum absolute atomic E-state index is 12.8. The molecule has 2 saturated heterocycles. The maximum atomic E-state index is 12.8. The SMILES string of the molecule is Cc1cc(C)n(CCCC(=O)N2CCOCC2CC(=O)N2CCN(C)CC2)n1. The van der Waals surface area contributed by atoms with E-state index in [1.54, 1.807) is 0 Å². The first-order valence-electron chi connectivity index (χ1n) is 10.3. The number of hydrogen-bond donors (Lipinski definition) is 0. The van der Waals surface area contributed by atoms with Gasteiger partial charge in [-0.2, -0.15) is 5.10 Å².